The van der Waals surface area contributed by atoms with Crippen LogP contribution in [0, 0.1) is 0 Å². The van der Waals surface area contributed by atoms with Crippen molar-refractivity contribution in [2.75, 3.05) is 13.2 Å². The van der Waals surface area contributed by atoms with Crippen LogP contribution in [0.25, 0.3) is 11.0 Å². The second-order valence-electron chi connectivity index (χ2n) is 4.32. The Bertz CT molecular complexity index is 608. The predicted octanol–water partition coefficient (Wildman–Crippen LogP) is 1.03. The summed E-state index contributed by atoms with van der Waals surface area (Å²) in [5.41, 5.74) is 1.65. The first-order chi connectivity index (χ1) is 9.70. The summed E-state index contributed by atoms with van der Waals surface area (Å²) >= 11 is 0. The molecule has 0 aliphatic carbocycles. The number of hydrogen-bond donors (Lipinski definition) is 2. The third-order valence-corrected chi connectivity index (χ3v) is 2.75. The molecule has 1 amide bonds. The van der Waals surface area contributed by atoms with Crippen molar-refractivity contribution < 1.29 is 14.3 Å². The average Bonchev–Trinajstić information content (AvgIpc) is 2.92. The number of nitrogens with one attached hydrogen (secondary N) is 2. The number of carbonyl (C=O) groups is 2. The number of aromatic nitrogens is 3. The summed E-state index contributed by atoms with van der Waals surface area (Å²) in [6.07, 6.45) is 1.90. The van der Waals surface area contributed by atoms with Crippen LogP contribution >= 0.6 is 0 Å². The van der Waals surface area contributed by atoms with Gasteiger partial charge in [-0.3, -0.25) is 9.89 Å². The molecular weight excluding hydrogens is 260 g/mol. The second-order valence-corrected chi connectivity index (χ2v) is 4.32. The fourth-order valence-corrected chi connectivity index (χ4v) is 1.64. The van der Waals surface area contributed by atoms with Crippen molar-refractivity contribution in [2.45, 2.75) is 19.8 Å². The first-order valence-corrected chi connectivity index (χ1v) is 6.45. The molecule has 7 heteroatoms. The van der Waals surface area contributed by atoms with Crippen LogP contribution in [0.3, 0.4) is 0 Å². The lowest BCUT2D eigenvalue weighted by atomic mass is 10.2. The number of amides is 1. The summed E-state index contributed by atoms with van der Waals surface area (Å²) in [5.74, 6) is -0.852. The Morgan fingerprint density at radius 2 is 2.25 bits per heavy atom. The van der Waals surface area contributed by atoms with Gasteiger partial charge in [0.2, 0.25) is 0 Å². The third kappa shape index (κ3) is 3.53. The number of esters is 1. The smallest absolute Gasteiger partial charge is 0.338 e. The average molecular weight is 276 g/mol. The molecule has 0 fully saturated rings. The highest BCUT2D eigenvalue weighted by molar-refractivity contribution is 5.94. The van der Waals surface area contributed by atoms with Crippen molar-refractivity contribution in [1.82, 2.24) is 20.7 Å². The zero-order chi connectivity index (χ0) is 14.4. The summed E-state index contributed by atoms with van der Waals surface area (Å²) in [6.45, 7) is 2.35. The minimum atomic E-state index is -0.555. The largest absolute Gasteiger partial charge is 0.452 e. The Hall–Kier alpha value is -2.44. The molecule has 0 saturated heterocycles. The molecule has 0 radical (unpaired) electrons. The summed E-state index contributed by atoms with van der Waals surface area (Å²) in [5, 5.41) is 12.8. The highest BCUT2D eigenvalue weighted by Gasteiger charge is 2.11. The molecule has 0 unspecified atom stereocenters. The van der Waals surface area contributed by atoms with Crippen molar-refractivity contribution in [2.24, 2.45) is 0 Å². The van der Waals surface area contributed by atoms with Gasteiger partial charge in [0.1, 0.15) is 5.52 Å². The van der Waals surface area contributed by atoms with Gasteiger partial charge in [-0.05, 0) is 24.6 Å². The molecule has 0 atom stereocenters. The van der Waals surface area contributed by atoms with E-state index in [1.54, 1.807) is 18.2 Å². The van der Waals surface area contributed by atoms with E-state index < -0.39 is 5.97 Å². The van der Waals surface area contributed by atoms with Gasteiger partial charge >= 0.3 is 5.97 Å². The standard InChI is InChI=1S/C13H16N4O3/c1-2-3-6-14-12(18)8-20-13(19)9-4-5-10-11(7-9)16-17-15-10/h4-5,7H,2-3,6,8H2,1H3,(H,14,18)(H,15,16,17). The number of fused-ring (bicyclic) bond motifs is 1. The lowest BCUT2D eigenvalue weighted by molar-refractivity contribution is -0.124. The molecule has 1 heterocycles. The molecule has 0 spiro atoms. The Morgan fingerprint density at radius 3 is 3.05 bits per heavy atom. The monoisotopic (exact) mass is 276 g/mol. The zero-order valence-corrected chi connectivity index (χ0v) is 11.2. The molecule has 0 bridgehead atoms. The minimum absolute atomic E-state index is 0.278. The maximum atomic E-state index is 11.8. The minimum Gasteiger partial charge on any atom is -0.452 e. The second kappa shape index (κ2) is 6.65. The van der Waals surface area contributed by atoms with Gasteiger partial charge in [-0.15, -0.1) is 5.10 Å². The van der Waals surface area contributed by atoms with E-state index in [0.29, 0.717) is 17.6 Å². The fourth-order valence-electron chi connectivity index (χ4n) is 1.64. The molecule has 106 valence electrons. The summed E-state index contributed by atoms with van der Waals surface area (Å²) in [6, 6.07) is 4.85. The molecular formula is C13H16N4O3. The van der Waals surface area contributed by atoms with Crippen LogP contribution in [0.4, 0.5) is 0 Å². The summed E-state index contributed by atoms with van der Waals surface area (Å²) in [7, 11) is 0. The SMILES string of the molecule is CCCCNC(=O)COC(=O)c1ccc2[nH]nnc2c1. The number of hydrogen-bond acceptors (Lipinski definition) is 5. The highest BCUT2D eigenvalue weighted by Crippen LogP contribution is 2.11. The molecule has 0 aliphatic heterocycles. The maximum absolute atomic E-state index is 11.8. The number of rotatable bonds is 6. The van der Waals surface area contributed by atoms with E-state index in [9.17, 15) is 9.59 Å². The molecule has 2 aromatic rings. The number of unbranched alkanes of at least 4 members (excludes halogenated alkanes) is 1. The fraction of sp³-hybridized carbons (Fsp3) is 0.385. The molecule has 20 heavy (non-hydrogen) atoms. The van der Waals surface area contributed by atoms with Crippen molar-refractivity contribution >= 4 is 22.9 Å². The van der Waals surface area contributed by atoms with Gasteiger partial charge < -0.3 is 10.1 Å². The number of carbonyl (C=O) groups excluding carboxylic acids is 2. The number of H-pyrrole nitrogens is 1. The van der Waals surface area contributed by atoms with E-state index >= 15 is 0 Å². The third-order valence-electron chi connectivity index (χ3n) is 2.75. The van der Waals surface area contributed by atoms with Crippen LogP contribution in [-0.4, -0.2) is 40.4 Å². The van der Waals surface area contributed by atoms with E-state index in [1.165, 1.54) is 0 Å². The van der Waals surface area contributed by atoms with E-state index in [2.05, 4.69) is 20.7 Å². The van der Waals surface area contributed by atoms with Gasteiger partial charge in [0, 0.05) is 6.54 Å². The predicted molar refractivity (Wildman–Crippen MR) is 72.1 cm³/mol. The lowest BCUT2D eigenvalue weighted by Gasteiger charge is -2.06. The van der Waals surface area contributed by atoms with Gasteiger partial charge in [0.25, 0.3) is 5.91 Å². The Labute approximate surface area is 115 Å². The van der Waals surface area contributed by atoms with Gasteiger partial charge in [-0.25, -0.2) is 4.79 Å². The van der Waals surface area contributed by atoms with Gasteiger partial charge in [-0.2, -0.15) is 0 Å². The quantitative estimate of drug-likeness (QED) is 0.606. The van der Waals surface area contributed by atoms with Crippen molar-refractivity contribution in [1.29, 1.82) is 0 Å². The first kappa shape index (κ1) is 14.0. The molecule has 1 aromatic carbocycles. The highest BCUT2D eigenvalue weighted by atomic mass is 16.5. The molecule has 2 rings (SSSR count). The van der Waals surface area contributed by atoms with Crippen molar-refractivity contribution in [3.63, 3.8) is 0 Å². The number of aromatic amines is 1. The van der Waals surface area contributed by atoms with Crippen molar-refractivity contribution in [3.05, 3.63) is 23.8 Å². The number of nitrogens with zero attached hydrogens (tertiary/aromatic N) is 2. The number of ether oxygens (including phenoxy) is 1. The summed E-state index contributed by atoms with van der Waals surface area (Å²) in [4.78, 5) is 23.2. The number of benzene rings is 1. The van der Waals surface area contributed by atoms with Crippen molar-refractivity contribution in [3.8, 4) is 0 Å². The van der Waals surface area contributed by atoms with Crippen LogP contribution < -0.4 is 5.32 Å². The summed E-state index contributed by atoms with van der Waals surface area (Å²) < 4.78 is 4.94. The zero-order valence-electron chi connectivity index (χ0n) is 11.2. The molecule has 2 N–H and O–H groups in total. The van der Waals surface area contributed by atoms with Crippen LogP contribution in [0.2, 0.25) is 0 Å². The first-order valence-electron chi connectivity index (χ1n) is 6.45. The molecule has 0 aliphatic rings. The van der Waals surface area contributed by atoms with Crippen LogP contribution in [0.1, 0.15) is 30.1 Å². The molecule has 7 nitrogen and oxygen atoms in total. The van der Waals surface area contributed by atoms with E-state index in [-0.39, 0.29) is 12.5 Å². The topological polar surface area (TPSA) is 97.0 Å². The Kier molecular flexibility index (Phi) is 4.65. The molecule has 1 aromatic heterocycles. The van der Waals surface area contributed by atoms with Crippen LogP contribution in [0.15, 0.2) is 18.2 Å². The normalized spacial score (nSPS) is 10.4. The van der Waals surface area contributed by atoms with Gasteiger partial charge in [-0.1, -0.05) is 18.6 Å². The Balaban J connectivity index is 1.86. The van der Waals surface area contributed by atoms with E-state index in [1.807, 2.05) is 6.92 Å². The van der Waals surface area contributed by atoms with E-state index in [0.717, 1.165) is 18.4 Å². The van der Waals surface area contributed by atoms with Crippen LogP contribution in [-0.2, 0) is 9.53 Å². The maximum Gasteiger partial charge on any atom is 0.338 e. The molecule has 0 saturated carbocycles. The lowest BCUT2D eigenvalue weighted by Crippen LogP contribution is -2.29. The van der Waals surface area contributed by atoms with Gasteiger partial charge in [0.15, 0.2) is 6.61 Å². The van der Waals surface area contributed by atoms with Crippen LogP contribution in [0.5, 0.6) is 0 Å². The Morgan fingerprint density at radius 1 is 1.40 bits per heavy atom. The van der Waals surface area contributed by atoms with Gasteiger partial charge in [0.05, 0.1) is 11.1 Å². The van der Waals surface area contributed by atoms with E-state index in [4.69, 9.17) is 4.74 Å².